The lowest BCUT2D eigenvalue weighted by Crippen LogP contribution is -2.46. The van der Waals surface area contributed by atoms with E-state index in [0.717, 1.165) is 31.4 Å². The van der Waals surface area contributed by atoms with E-state index in [2.05, 4.69) is 12.2 Å². The highest BCUT2D eigenvalue weighted by atomic mass is 16.6. The van der Waals surface area contributed by atoms with Gasteiger partial charge in [-0.3, -0.25) is 4.79 Å². The van der Waals surface area contributed by atoms with Crippen molar-refractivity contribution in [2.75, 3.05) is 26.3 Å². The van der Waals surface area contributed by atoms with E-state index in [-0.39, 0.29) is 18.0 Å². The molecule has 6 heteroatoms. The van der Waals surface area contributed by atoms with Gasteiger partial charge in [-0.1, -0.05) is 13.3 Å². The van der Waals surface area contributed by atoms with Crippen LogP contribution >= 0.6 is 0 Å². The molecule has 138 valence electrons. The molecular weight excluding hydrogens is 320 g/mol. The molecule has 1 aromatic rings. The molecule has 1 N–H and O–H groups in total. The summed E-state index contributed by atoms with van der Waals surface area (Å²) in [4.78, 5) is 25.7. The summed E-state index contributed by atoms with van der Waals surface area (Å²) in [6, 6.07) is 7.30. The summed E-state index contributed by atoms with van der Waals surface area (Å²) in [5.74, 6) is 0.697. The van der Waals surface area contributed by atoms with Gasteiger partial charge >= 0.3 is 6.09 Å². The highest BCUT2D eigenvalue weighted by Crippen LogP contribution is 2.15. The second-order valence-corrected chi connectivity index (χ2v) is 6.16. The molecule has 0 aromatic heterocycles. The molecular formula is C19H28N2O4. The lowest BCUT2D eigenvalue weighted by atomic mass is 10.0. The van der Waals surface area contributed by atoms with Gasteiger partial charge in [0.1, 0.15) is 5.75 Å². The number of nitrogens with zero attached hydrogens (tertiary/aromatic N) is 1. The van der Waals surface area contributed by atoms with Gasteiger partial charge in [0.15, 0.2) is 0 Å². The summed E-state index contributed by atoms with van der Waals surface area (Å²) >= 11 is 0. The minimum atomic E-state index is -0.272. The first-order valence-corrected chi connectivity index (χ1v) is 9.09. The van der Waals surface area contributed by atoms with Crippen LogP contribution in [0.2, 0.25) is 0 Å². The zero-order chi connectivity index (χ0) is 18.1. The van der Waals surface area contributed by atoms with Crippen molar-refractivity contribution in [3.8, 4) is 5.75 Å². The maximum Gasteiger partial charge on any atom is 0.409 e. The molecule has 2 amide bonds. The zero-order valence-corrected chi connectivity index (χ0v) is 15.1. The van der Waals surface area contributed by atoms with Crippen LogP contribution in [0.1, 0.15) is 49.9 Å². The maximum atomic E-state index is 12.3. The average molecular weight is 348 g/mol. The molecule has 0 bridgehead atoms. The Labute approximate surface area is 149 Å². The third-order valence-electron chi connectivity index (χ3n) is 4.24. The molecule has 0 radical (unpaired) electrons. The summed E-state index contributed by atoms with van der Waals surface area (Å²) in [5, 5.41) is 3.04. The third kappa shape index (κ3) is 5.96. The molecule has 6 nitrogen and oxygen atoms in total. The minimum absolute atomic E-state index is 0.0821. The van der Waals surface area contributed by atoms with Crippen molar-refractivity contribution in [3.63, 3.8) is 0 Å². The molecule has 0 spiro atoms. The van der Waals surface area contributed by atoms with Gasteiger partial charge < -0.3 is 19.7 Å². The monoisotopic (exact) mass is 348 g/mol. The Kier molecular flexibility index (Phi) is 7.57. The number of carbonyl (C=O) groups is 2. The van der Waals surface area contributed by atoms with Crippen molar-refractivity contribution in [2.45, 2.75) is 45.6 Å². The van der Waals surface area contributed by atoms with Gasteiger partial charge in [-0.05, 0) is 50.5 Å². The Morgan fingerprint density at radius 1 is 1.16 bits per heavy atom. The predicted molar refractivity (Wildman–Crippen MR) is 95.9 cm³/mol. The SMILES string of the molecule is CCCCOc1ccc(C(=O)NC2CCN(C(=O)OCC)CC2)cc1. The first kappa shape index (κ1) is 19.1. The number of amides is 2. The number of hydrogen-bond donors (Lipinski definition) is 1. The van der Waals surface area contributed by atoms with Gasteiger partial charge in [-0.2, -0.15) is 0 Å². The second kappa shape index (κ2) is 9.91. The summed E-state index contributed by atoms with van der Waals surface area (Å²) in [7, 11) is 0. The fourth-order valence-electron chi connectivity index (χ4n) is 2.73. The number of ether oxygens (including phenoxy) is 2. The molecule has 25 heavy (non-hydrogen) atoms. The van der Waals surface area contributed by atoms with Crippen molar-refractivity contribution in [1.82, 2.24) is 10.2 Å². The lowest BCUT2D eigenvalue weighted by Gasteiger charge is -2.31. The van der Waals surface area contributed by atoms with Gasteiger partial charge in [-0.15, -0.1) is 0 Å². The normalized spacial score (nSPS) is 14.9. The van der Waals surface area contributed by atoms with Crippen LogP contribution in [0.4, 0.5) is 4.79 Å². The summed E-state index contributed by atoms with van der Waals surface area (Å²) in [6.07, 6.45) is 3.32. The van der Waals surface area contributed by atoms with Crippen LogP contribution in [-0.2, 0) is 4.74 Å². The largest absolute Gasteiger partial charge is 0.494 e. The van der Waals surface area contributed by atoms with Crippen LogP contribution in [0, 0.1) is 0 Å². The molecule has 1 heterocycles. The van der Waals surface area contributed by atoms with Crippen molar-refractivity contribution in [1.29, 1.82) is 0 Å². The third-order valence-corrected chi connectivity index (χ3v) is 4.24. The van der Waals surface area contributed by atoms with Crippen LogP contribution in [0.25, 0.3) is 0 Å². The van der Waals surface area contributed by atoms with E-state index in [0.29, 0.717) is 31.9 Å². The fourth-order valence-corrected chi connectivity index (χ4v) is 2.73. The molecule has 1 saturated heterocycles. The second-order valence-electron chi connectivity index (χ2n) is 6.16. The van der Waals surface area contributed by atoms with E-state index in [4.69, 9.17) is 9.47 Å². The van der Waals surface area contributed by atoms with E-state index in [1.54, 1.807) is 24.0 Å². The summed E-state index contributed by atoms with van der Waals surface area (Å²) < 4.78 is 10.6. The minimum Gasteiger partial charge on any atom is -0.494 e. The molecule has 1 aliphatic heterocycles. The van der Waals surface area contributed by atoms with Crippen molar-refractivity contribution in [2.24, 2.45) is 0 Å². The molecule has 1 aliphatic rings. The molecule has 1 fully saturated rings. The number of likely N-dealkylation sites (tertiary alicyclic amines) is 1. The standard InChI is InChI=1S/C19H28N2O4/c1-3-5-14-25-17-8-6-15(7-9-17)18(22)20-16-10-12-21(13-11-16)19(23)24-4-2/h6-9,16H,3-5,10-14H2,1-2H3,(H,20,22). The lowest BCUT2D eigenvalue weighted by molar-refractivity contribution is 0.0860. The molecule has 0 atom stereocenters. The number of carbonyl (C=O) groups excluding carboxylic acids is 2. The van der Waals surface area contributed by atoms with Crippen molar-refractivity contribution >= 4 is 12.0 Å². The number of benzene rings is 1. The predicted octanol–water partition coefficient (Wildman–Crippen LogP) is 3.22. The molecule has 1 aromatic carbocycles. The summed E-state index contributed by atoms with van der Waals surface area (Å²) in [5.41, 5.74) is 0.621. The van der Waals surface area contributed by atoms with Gasteiger partial charge in [0.2, 0.25) is 0 Å². The van der Waals surface area contributed by atoms with Crippen molar-refractivity contribution < 1.29 is 19.1 Å². The Morgan fingerprint density at radius 3 is 2.44 bits per heavy atom. The maximum absolute atomic E-state index is 12.3. The van der Waals surface area contributed by atoms with Crippen LogP contribution in [0.15, 0.2) is 24.3 Å². The van der Waals surface area contributed by atoms with Gasteiger partial charge in [-0.25, -0.2) is 4.79 Å². The quantitative estimate of drug-likeness (QED) is 0.768. The highest BCUT2D eigenvalue weighted by molar-refractivity contribution is 5.94. The number of rotatable bonds is 7. The first-order valence-electron chi connectivity index (χ1n) is 9.09. The van der Waals surface area contributed by atoms with Crippen LogP contribution in [-0.4, -0.2) is 49.2 Å². The molecule has 0 aliphatic carbocycles. The molecule has 0 saturated carbocycles. The van der Waals surface area contributed by atoms with Crippen LogP contribution in [0.3, 0.4) is 0 Å². The fraction of sp³-hybridized carbons (Fsp3) is 0.579. The zero-order valence-electron chi connectivity index (χ0n) is 15.1. The van der Waals surface area contributed by atoms with Gasteiger partial charge in [0, 0.05) is 24.7 Å². The topological polar surface area (TPSA) is 67.9 Å². The number of piperidine rings is 1. The Balaban J connectivity index is 1.77. The highest BCUT2D eigenvalue weighted by Gasteiger charge is 2.24. The average Bonchev–Trinajstić information content (AvgIpc) is 2.63. The first-order chi connectivity index (χ1) is 12.1. The Hall–Kier alpha value is -2.24. The van der Waals surface area contributed by atoms with Gasteiger partial charge in [0.25, 0.3) is 5.91 Å². The van der Waals surface area contributed by atoms with E-state index < -0.39 is 0 Å². The van der Waals surface area contributed by atoms with E-state index in [1.165, 1.54) is 0 Å². The Morgan fingerprint density at radius 2 is 1.84 bits per heavy atom. The Bertz CT molecular complexity index is 551. The smallest absolute Gasteiger partial charge is 0.409 e. The van der Waals surface area contributed by atoms with Crippen molar-refractivity contribution in [3.05, 3.63) is 29.8 Å². The number of nitrogens with one attached hydrogen (secondary N) is 1. The number of unbranched alkanes of at least 4 members (excludes halogenated alkanes) is 1. The van der Waals surface area contributed by atoms with E-state index >= 15 is 0 Å². The van der Waals surface area contributed by atoms with E-state index in [9.17, 15) is 9.59 Å². The number of hydrogen-bond acceptors (Lipinski definition) is 4. The van der Waals surface area contributed by atoms with Gasteiger partial charge in [0.05, 0.1) is 13.2 Å². The molecule has 0 unspecified atom stereocenters. The van der Waals surface area contributed by atoms with E-state index in [1.807, 2.05) is 12.1 Å². The van der Waals surface area contributed by atoms with Crippen LogP contribution < -0.4 is 10.1 Å². The molecule has 2 rings (SSSR count). The van der Waals surface area contributed by atoms with Crippen LogP contribution in [0.5, 0.6) is 5.75 Å². The summed E-state index contributed by atoms with van der Waals surface area (Å²) in [6.45, 7) is 6.20.